The molecule has 0 aromatic carbocycles. The van der Waals surface area contributed by atoms with Crippen molar-refractivity contribution in [2.45, 2.75) is 48.6 Å². The van der Waals surface area contributed by atoms with Crippen LogP contribution < -0.4 is 16.2 Å². The molecule has 3 heterocycles. The van der Waals surface area contributed by atoms with E-state index in [1.54, 1.807) is 12.1 Å². The van der Waals surface area contributed by atoms with Gasteiger partial charge < -0.3 is 20.1 Å². The number of hydrogen-bond acceptors (Lipinski definition) is 3. The maximum atomic E-state index is 12.1. The highest BCUT2D eigenvalue weighted by atomic mass is 35.6. The predicted octanol–water partition coefficient (Wildman–Crippen LogP) is 2.75. The van der Waals surface area contributed by atoms with Crippen LogP contribution in [0.1, 0.15) is 37.8 Å². The van der Waals surface area contributed by atoms with Crippen molar-refractivity contribution in [2.75, 3.05) is 13.1 Å². The number of rotatable bonds is 4. The highest BCUT2D eigenvalue weighted by molar-refractivity contribution is 7.80. The first-order chi connectivity index (χ1) is 13.2. The molecular formula is C18H23Cl3N4O2S. The fraction of sp³-hybridized carbons (Fsp3) is 0.611. The van der Waals surface area contributed by atoms with Crippen LogP contribution in [-0.2, 0) is 11.3 Å². The number of nitrogens with zero attached hydrogens (tertiary/aromatic N) is 2. The van der Waals surface area contributed by atoms with Crippen LogP contribution in [0, 0.1) is 5.92 Å². The molecule has 154 valence electrons. The molecule has 3 rings (SSSR count). The Hall–Kier alpha value is -1.02. The lowest BCUT2D eigenvalue weighted by Crippen LogP contribution is -2.60. The third-order valence-corrected chi connectivity index (χ3v) is 6.18. The molecule has 1 aromatic rings. The molecule has 10 heteroatoms. The van der Waals surface area contributed by atoms with Gasteiger partial charge in [-0.05, 0) is 37.0 Å². The number of carbonyl (C=O) groups is 1. The molecule has 2 bridgehead atoms. The number of nitrogens with one attached hydrogen (secondary N) is 2. The normalized spacial score (nSPS) is 22.2. The van der Waals surface area contributed by atoms with Gasteiger partial charge in [0.1, 0.15) is 6.17 Å². The maximum absolute atomic E-state index is 12.1. The van der Waals surface area contributed by atoms with Gasteiger partial charge in [-0.15, -0.1) is 0 Å². The third-order valence-electron chi connectivity index (χ3n) is 5.14. The summed E-state index contributed by atoms with van der Waals surface area (Å²) in [5.74, 6) is 0.312. The summed E-state index contributed by atoms with van der Waals surface area (Å²) in [4.78, 5) is 26.2. The number of thiocarbonyl (C=S) groups is 1. The first-order valence-electron chi connectivity index (χ1n) is 9.30. The maximum Gasteiger partial charge on any atom is 0.250 e. The Morgan fingerprint density at radius 3 is 2.71 bits per heavy atom. The first-order valence-corrected chi connectivity index (χ1v) is 10.8. The van der Waals surface area contributed by atoms with Gasteiger partial charge >= 0.3 is 0 Å². The van der Waals surface area contributed by atoms with Crippen molar-refractivity contribution < 1.29 is 4.79 Å². The Bertz CT molecular complexity index is 811. The van der Waals surface area contributed by atoms with Crippen molar-refractivity contribution in [1.82, 2.24) is 20.1 Å². The van der Waals surface area contributed by atoms with Crippen molar-refractivity contribution in [3.05, 3.63) is 34.2 Å². The lowest BCUT2D eigenvalue weighted by Gasteiger charge is -2.44. The van der Waals surface area contributed by atoms with Crippen LogP contribution in [-0.4, -0.2) is 43.5 Å². The number of fused-ring (bicyclic) bond motifs is 4. The van der Waals surface area contributed by atoms with Crippen LogP contribution >= 0.6 is 47.0 Å². The van der Waals surface area contributed by atoms with E-state index in [1.807, 2.05) is 22.5 Å². The second kappa shape index (κ2) is 8.78. The monoisotopic (exact) mass is 464 g/mol. The summed E-state index contributed by atoms with van der Waals surface area (Å²) in [6.45, 7) is 3.95. The second-order valence-electron chi connectivity index (χ2n) is 7.34. The van der Waals surface area contributed by atoms with E-state index in [4.69, 9.17) is 47.0 Å². The molecule has 28 heavy (non-hydrogen) atoms. The molecule has 2 aliphatic rings. The minimum absolute atomic E-state index is 0.0382. The second-order valence-corrected chi connectivity index (χ2v) is 10.1. The zero-order chi connectivity index (χ0) is 20.5. The molecule has 2 N–H and O–H groups in total. The van der Waals surface area contributed by atoms with Gasteiger partial charge in [-0.2, -0.15) is 0 Å². The molecule has 0 unspecified atom stereocenters. The highest BCUT2D eigenvalue weighted by Gasteiger charge is 2.38. The predicted molar refractivity (Wildman–Crippen MR) is 116 cm³/mol. The average molecular weight is 466 g/mol. The Kier molecular flexibility index (Phi) is 6.80. The lowest BCUT2D eigenvalue weighted by molar-refractivity contribution is -0.121. The van der Waals surface area contributed by atoms with Crippen LogP contribution in [0.5, 0.6) is 0 Å². The van der Waals surface area contributed by atoms with Gasteiger partial charge in [-0.1, -0.05) is 47.8 Å². The number of aromatic nitrogens is 1. The van der Waals surface area contributed by atoms with E-state index in [0.717, 1.165) is 12.1 Å². The summed E-state index contributed by atoms with van der Waals surface area (Å²) < 4.78 is 0.112. The van der Waals surface area contributed by atoms with Crippen molar-refractivity contribution in [3.63, 3.8) is 0 Å². The largest absolute Gasteiger partial charge is 0.348 e. The summed E-state index contributed by atoms with van der Waals surface area (Å²) in [5, 5.41) is 6.12. The van der Waals surface area contributed by atoms with Crippen molar-refractivity contribution >= 4 is 58.0 Å². The fourth-order valence-electron chi connectivity index (χ4n) is 3.94. The van der Waals surface area contributed by atoms with E-state index in [-0.39, 0.29) is 17.4 Å². The van der Waals surface area contributed by atoms with E-state index in [2.05, 4.69) is 10.6 Å². The molecule has 1 saturated heterocycles. The molecule has 3 atom stereocenters. The number of pyridine rings is 1. The van der Waals surface area contributed by atoms with Gasteiger partial charge in [0.25, 0.3) is 5.56 Å². The smallest absolute Gasteiger partial charge is 0.250 e. The summed E-state index contributed by atoms with van der Waals surface area (Å²) >= 11 is 23.7. The van der Waals surface area contributed by atoms with Crippen LogP contribution in [0.3, 0.4) is 0 Å². The quantitative estimate of drug-likeness (QED) is 0.407. The van der Waals surface area contributed by atoms with Gasteiger partial charge in [0.15, 0.2) is 5.11 Å². The van der Waals surface area contributed by atoms with Crippen LogP contribution in [0.4, 0.5) is 0 Å². The number of amides is 1. The molecule has 0 aliphatic carbocycles. The van der Waals surface area contributed by atoms with Crippen LogP contribution in [0.15, 0.2) is 23.0 Å². The van der Waals surface area contributed by atoms with E-state index < -0.39 is 9.96 Å². The summed E-state index contributed by atoms with van der Waals surface area (Å²) in [6.07, 6.45) is 1.12. The van der Waals surface area contributed by atoms with Gasteiger partial charge in [-0.3, -0.25) is 9.59 Å². The lowest BCUT2D eigenvalue weighted by atomic mass is 9.83. The number of carbonyl (C=O) groups excluding carboxylic acids is 1. The Balaban J connectivity index is 1.71. The number of likely N-dealkylation sites (tertiary alicyclic amines) is 1. The molecule has 0 saturated carbocycles. The molecule has 1 aromatic heterocycles. The number of piperidine rings is 1. The Morgan fingerprint density at radius 1 is 1.29 bits per heavy atom. The Labute approximate surface area is 184 Å². The zero-order valence-corrected chi connectivity index (χ0v) is 18.5. The molecule has 0 radical (unpaired) electrons. The number of hydrogen-bond donors (Lipinski definition) is 2. The average Bonchev–Trinajstić information content (AvgIpc) is 2.61. The molecule has 1 amide bonds. The van der Waals surface area contributed by atoms with Gasteiger partial charge in [-0.25, -0.2) is 0 Å². The van der Waals surface area contributed by atoms with Crippen LogP contribution in [0.2, 0.25) is 0 Å². The van der Waals surface area contributed by atoms with Gasteiger partial charge in [0.05, 0.1) is 0 Å². The minimum atomic E-state index is -1.75. The Morgan fingerprint density at radius 2 is 2.04 bits per heavy atom. The third kappa shape index (κ3) is 4.93. The van der Waals surface area contributed by atoms with E-state index in [1.165, 1.54) is 0 Å². The van der Waals surface area contributed by atoms with E-state index >= 15 is 0 Å². The SMILES string of the molecule is CCCC(=O)N[C@H](NC(=S)N1C[C@@H]2C[C@H](C1)c1cccc(=O)n1C2)C(Cl)(Cl)Cl. The standard InChI is InChI=1S/C18H23Cl3N4O2S/c1-2-4-14(26)22-16(18(19,20)21)23-17(28)24-8-11-7-12(10-24)13-5-3-6-15(27)25(13)9-11/h3,5-6,11-12,16H,2,4,7-10H2,1H3,(H,22,26)(H,23,28)/t11-,12+,16+/m0/s1. The minimum Gasteiger partial charge on any atom is -0.348 e. The number of alkyl halides is 3. The van der Waals surface area contributed by atoms with E-state index in [9.17, 15) is 9.59 Å². The summed E-state index contributed by atoms with van der Waals surface area (Å²) in [7, 11) is 0. The number of halogens is 3. The van der Waals surface area contributed by atoms with Crippen LogP contribution in [0.25, 0.3) is 0 Å². The first kappa shape index (κ1) is 21.7. The molecule has 6 nitrogen and oxygen atoms in total. The zero-order valence-electron chi connectivity index (χ0n) is 15.5. The molecule has 1 fully saturated rings. The molecule has 0 spiro atoms. The van der Waals surface area contributed by atoms with Crippen molar-refractivity contribution in [1.29, 1.82) is 0 Å². The van der Waals surface area contributed by atoms with Crippen molar-refractivity contribution in [3.8, 4) is 0 Å². The molecule has 2 aliphatic heterocycles. The molecular weight excluding hydrogens is 443 g/mol. The fourth-order valence-corrected chi connectivity index (χ4v) is 4.53. The topological polar surface area (TPSA) is 66.4 Å². The highest BCUT2D eigenvalue weighted by Crippen LogP contribution is 2.35. The van der Waals surface area contributed by atoms with Crippen molar-refractivity contribution in [2.24, 2.45) is 5.92 Å². The van der Waals surface area contributed by atoms with Gasteiger partial charge in [0.2, 0.25) is 9.70 Å². The summed E-state index contributed by atoms with van der Waals surface area (Å²) in [6, 6.07) is 5.39. The van der Waals surface area contributed by atoms with E-state index in [0.29, 0.717) is 43.5 Å². The summed E-state index contributed by atoms with van der Waals surface area (Å²) in [5.41, 5.74) is 1.07. The van der Waals surface area contributed by atoms with Gasteiger partial charge in [0, 0.05) is 43.7 Å².